The maximum atomic E-state index is 5.98. The third kappa shape index (κ3) is 3.41. The summed E-state index contributed by atoms with van der Waals surface area (Å²) in [7, 11) is 0. The van der Waals surface area contributed by atoms with Gasteiger partial charge in [-0.25, -0.2) is 0 Å². The van der Waals surface area contributed by atoms with Crippen molar-refractivity contribution in [2.75, 3.05) is 0 Å². The molecule has 1 saturated carbocycles. The van der Waals surface area contributed by atoms with Crippen molar-refractivity contribution in [1.82, 2.24) is 14.9 Å². The molecule has 0 atom stereocenters. The van der Waals surface area contributed by atoms with E-state index in [2.05, 4.69) is 15.3 Å². The summed E-state index contributed by atoms with van der Waals surface area (Å²) in [6.45, 7) is 0. The number of nitrogens with one attached hydrogen (secondary N) is 1. The number of aromatic amines is 1. The highest BCUT2D eigenvalue weighted by molar-refractivity contribution is 7.71. The number of hydrogen-bond donors (Lipinski definition) is 1. The number of aromatic nitrogens is 3. The highest BCUT2D eigenvalue weighted by atomic mass is 35.5. The summed E-state index contributed by atoms with van der Waals surface area (Å²) in [6, 6.07) is 7.57. The van der Waals surface area contributed by atoms with E-state index in [1.165, 1.54) is 19.3 Å². The summed E-state index contributed by atoms with van der Waals surface area (Å²) in [5.41, 5.74) is 0.945. The zero-order valence-electron chi connectivity index (χ0n) is 11.6. The topological polar surface area (TPSA) is 46.0 Å². The van der Waals surface area contributed by atoms with Gasteiger partial charge in [0.2, 0.25) is 4.77 Å². The Morgan fingerprint density at radius 3 is 2.90 bits per heavy atom. The van der Waals surface area contributed by atoms with Gasteiger partial charge in [0.05, 0.1) is 6.21 Å². The summed E-state index contributed by atoms with van der Waals surface area (Å²) >= 11 is 11.3. The van der Waals surface area contributed by atoms with Crippen molar-refractivity contribution in [3.63, 3.8) is 0 Å². The van der Waals surface area contributed by atoms with Crippen molar-refractivity contribution in [3.05, 3.63) is 45.4 Å². The van der Waals surface area contributed by atoms with Crippen LogP contribution in [0.15, 0.2) is 29.4 Å². The minimum absolute atomic E-state index is 0.447. The summed E-state index contributed by atoms with van der Waals surface area (Å²) in [4.78, 5) is 0. The van der Waals surface area contributed by atoms with Gasteiger partial charge in [-0.05, 0) is 42.8 Å². The lowest BCUT2D eigenvalue weighted by Crippen LogP contribution is -2.10. The van der Waals surface area contributed by atoms with Gasteiger partial charge in [0.25, 0.3) is 0 Å². The van der Waals surface area contributed by atoms with Crippen LogP contribution >= 0.6 is 23.8 Å². The van der Waals surface area contributed by atoms with E-state index in [1.54, 1.807) is 10.9 Å². The first-order valence-corrected chi connectivity index (χ1v) is 8.00. The molecule has 2 aromatic rings. The maximum Gasteiger partial charge on any atom is 0.216 e. The van der Waals surface area contributed by atoms with E-state index in [4.69, 9.17) is 23.8 Å². The second-order valence-electron chi connectivity index (χ2n) is 5.33. The fourth-order valence-electron chi connectivity index (χ4n) is 2.75. The Morgan fingerprint density at radius 1 is 1.33 bits per heavy atom. The van der Waals surface area contributed by atoms with Crippen LogP contribution in [0.3, 0.4) is 0 Å². The van der Waals surface area contributed by atoms with Crippen LogP contribution in [0.2, 0.25) is 5.02 Å². The van der Waals surface area contributed by atoms with E-state index in [1.807, 2.05) is 24.3 Å². The monoisotopic (exact) mass is 320 g/mol. The quantitative estimate of drug-likeness (QED) is 0.667. The number of halogens is 1. The summed E-state index contributed by atoms with van der Waals surface area (Å²) in [6.07, 6.45) is 7.90. The standard InChI is InChI=1S/C15H17ClN4S/c16-13-8-4-5-11(9-13)10-17-20-14(18-19-15(20)21)12-6-2-1-3-7-12/h4-5,8-10,12H,1-3,6-7H2,(H,19,21)/b17-10+. The summed E-state index contributed by atoms with van der Waals surface area (Å²) in [5.74, 6) is 1.39. The third-order valence-electron chi connectivity index (χ3n) is 3.82. The van der Waals surface area contributed by atoms with Gasteiger partial charge in [-0.2, -0.15) is 14.9 Å². The van der Waals surface area contributed by atoms with Crippen LogP contribution in [0.5, 0.6) is 0 Å². The molecule has 21 heavy (non-hydrogen) atoms. The molecule has 1 aromatic carbocycles. The number of hydrogen-bond acceptors (Lipinski definition) is 3. The normalized spacial score (nSPS) is 16.6. The van der Waals surface area contributed by atoms with Crippen LogP contribution < -0.4 is 0 Å². The van der Waals surface area contributed by atoms with Crippen molar-refractivity contribution in [3.8, 4) is 0 Å². The molecule has 1 N–H and O–H groups in total. The lowest BCUT2D eigenvalue weighted by atomic mass is 9.89. The van der Waals surface area contributed by atoms with Crippen LogP contribution in [0.1, 0.15) is 49.4 Å². The predicted molar refractivity (Wildman–Crippen MR) is 87.7 cm³/mol. The Morgan fingerprint density at radius 2 is 2.14 bits per heavy atom. The van der Waals surface area contributed by atoms with Crippen molar-refractivity contribution in [2.24, 2.45) is 5.10 Å². The molecule has 3 rings (SSSR count). The fourth-order valence-corrected chi connectivity index (χ4v) is 3.14. The van der Waals surface area contributed by atoms with E-state index in [9.17, 15) is 0 Å². The minimum Gasteiger partial charge on any atom is -0.250 e. The zero-order chi connectivity index (χ0) is 14.7. The average molecular weight is 321 g/mol. The molecular formula is C15H17ClN4S. The first-order chi connectivity index (χ1) is 10.2. The molecule has 1 aliphatic carbocycles. The second kappa shape index (κ2) is 6.54. The van der Waals surface area contributed by atoms with Gasteiger partial charge < -0.3 is 0 Å². The molecule has 1 heterocycles. The molecule has 1 aliphatic rings. The Hall–Kier alpha value is -1.46. The van der Waals surface area contributed by atoms with Crippen LogP contribution in [0.4, 0.5) is 0 Å². The molecule has 0 unspecified atom stereocenters. The van der Waals surface area contributed by atoms with Crippen molar-refractivity contribution >= 4 is 30.0 Å². The highest BCUT2D eigenvalue weighted by Gasteiger charge is 2.21. The van der Waals surface area contributed by atoms with E-state index < -0.39 is 0 Å². The first kappa shape index (κ1) is 14.5. The van der Waals surface area contributed by atoms with Crippen molar-refractivity contribution in [2.45, 2.75) is 38.0 Å². The van der Waals surface area contributed by atoms with Gasteiger partial charge in [-0.15, -0.1) is 0 Å². The molecule has 4 nitrogen and oxygen atoms in total. The van der Waals surface area contributed by atoms with E-state index >= 15 is 0 Å². The Balaban J connectivity index is 1.88. The number of benzene rings is 1. The molecule has 1 fully saturated rings. The minimum atomic E-state index is 0.447. The molecule has 6 heteroatoms. The van der Waals surface area contributed by atoms with Crippen molar-refractivity contribution in [1.29, 1.82) is 0 Å². The first-order valence-electron chi connectivity index (χ1n) is 7.21. The van der Waals surface area contributed by atoms with Gasteiger partial charge >= 0.3 is 0 Å². The Labute approximate surface area is 133 Å². The predicted octanol–water partition coefficient (Wildman–Crippen LogP) is 4.52. The molecule has 0 bridgehead atoms. The highest BCUT2D eigenvalue weighted by Crippen LogP contribution is 2.31. The molecule has 1 aromatic heterocycles. The zero-order valence-corrected chi connectivity index (χ0v) is 13.2. The van der Waals surface area contributed by atoms with Crippen LogP contribution in [0.25, 0.3) is 0 Å². The average Bonchev–Trinajstić information content (AvgIpc) is 2.87. The third-order valence-corrected chi connectivity index (χ3v) is 4.32. The molecule has 0 radical (unpaired) electrons. The van der Waals surface area contributed by atoms with Crippen LogP contribution in [-0.4, -0.2) is 21.1 Å². The number of nitrogens with zero attached hydrogens (tertiary/aromatic N) is 3. The molecular weight excluding hydrogens is 304 g/mol. The molecule has 0 amide bonds. The molecule has 0 spiro atoms. The fraction of sp³-hybridized carbons (Fsp3) is 0.400. The van der Waals surface area contributed by atoms with Crippen molar-refractivity contribution < 1.29 is 0 Å². The smallest absolute Gasteiger partial charge is 0.216 e. The second-order valence-corrected chi connectivity index (χ2v) is 6.16. The molecule has 0 saturated heterocycles. The lowest BCUT2D eigenvalue weighted by molar-refractivity contribution is 0.419. The van der Waals surface area contributed by atoms with Gasteiger partial charge in [-0.1, -0.05) is 43.0 Å². The van der Waals surface area contributed by atoms with E-state index in [0.717, 1.165) is 24.2 Å². The summed E-state index contributed by atoms with van der Waals surface area (Å²) < 4.78 is 2.28. The molecule has 110 valence electrons. The largest absolute Gasteiger partial charge is 0.250 e. The van der Waals surface area contributed by atoms with Gasteiger partial charge in [0, 0.05) is 10.9 Å². The number of rotatable bonds is 3. The lowest BCUT2D eigenvalue weighted by Gasteiger charge is -2.19. The molecule has 0 aliphatic heterocycles. The van der Waals surface area contributed by atoms with Gasteiger partial charge in [0.1, 0.15) is 0 Å². The summed E-state index contributed by atoms with van der Waals surface area (Å²) in [5, 5.41) is 12.4. The maximum absolute atomic E-state index is 5.98. The Kier molecular flexibility index (Phi) is 4.51. The Bertz CT molecular complexity index is 698. The van der Waals surface area contributed by atoms with E-state index in [-0.39, 0.29) is 0 Å². The number of H-pyrrole nitrogens is 1. The van der Waals surface area contributed by atoms with Crippen LogP contribution in [0, 0.1) is 4.77 Å². The van der Waals surface area contributed by atoms with Gasteiger partial charge in [-0.3, -0.25) is 5.10 Å². The SMILES string of the molecule is S=c1[nH]nc(C2CCCCC2)n1/N=C/c1cccc(Cl)c1. The van der Waals surface area contributed by atoms with Gasteiger partial charge in [0.15, 0.2) is 5.82 Å². The van der Waals surface area contributed by atoms with E-state index in [0.29, 0.717) is 15.7 Å². The van der Waals surface area contributed by atoms with Crippen LogP contribution in [-0.2, 0) is 0 Å².